The molecular formula is C12H13N5OS. The summed E-state index contributed by atoms with van der Waals surface area (Å²) in [4.78, 5) is 17.9. The zero-order valence-corrected chi connectivity index (χ0v) is 11.2. The Bertz CT molecular complexity index is 579. The Kier molecular flexibility index (Phi) is 3.12. The van der Waals surface area contributed by atoms with Gasteiger partial charge in [0.1, 0.15) is 5.01 Å². The number of aromatic nitrogens is 3. The monoisotopic (exact) mass is 275 g/mol. The van der Waals surface area contributed by atoms with Crippen LogP contribution < -0.4 is 10.2 Å². The largest absolute Gasteiger partial charge is 0.346 e. The van der Waals surface area contributed by atoms with E-state index in [-0.39, 0.29) is 11.9 Å². The van der Waals surface area contributed by atoms with E-state index in [0.29, 0.717) is 5.56 Å². The Morgan fingerprint density at radius 2 is 2.11 bits per heavy atom. The van der Waals surface area contributed by atoms with Crippen LogP contribution >= 0.6 is 11.3 Å². The van der Waals surface area contributed by atoms with E-state index in [9.17, 15) is 4.79 Å². The summed E-state index contributed by atoms with van der Waals surface area (Å²) in [6, 6.07) is 3.59. The molecule has 0 saturated carbocycles. The van der Waals surface area contributed by atoms with Gasteiger partial charge in [0.05, 0.1) is 6.04 Å². The van der Waals surface area contributed by atoms with E-state index in [0.717, 1.165) is 23.2 Å². The molecule has 1 aliphatic heterocycles. The summed E-state index contributed by atoms with van der Waals surface area (Å²) in [5.74, 6) is -0.0551. The first-order valence-electron chi connectivity index (χ1n) is 5.98. The van der Waals surface area contributed by atoms with E-state index in [1.165, 1.54) is 0 Å². The van der Waals surface area contributed by atoms with Crippen molar-refractivity contribution in [1.29, 1.82) is 0 Å². The lowest BCUT2D eigenvalue weighted by molar-refractivity contribution is 0.0930. The van der Waals surface area contributed by atoms with Gasteiger partial charge >= 0.3 is 0 Å². The first-order valence-corrected chi connectivity index (χ1v) is 6.80. The molecular weight excluding hydrogens is 262 g/mol. The highest BCUT2D eigenvalue weighted by atomic mass is 32.1. The number of pyridine rings is 1. The van der Waals surface area contributed by atoms with Gasteiger partial charge in [0, 0.05) is 31.0 Å². The van der Waals surface area contributed by atoms with Gasteiger partial charge in [0.25, 0.3) is 5.91 Å². The van der Waals surface area contributed by atoms with Gasteiger partial charge in [-0.3, -0.25) is 9.78 Å². The quantitative estimate of drug-likeness (QED) is 0.899. The fraction of sp³-hybridized carbons (Fsp3) is 0.333. The Labute approximate surface area is 114 Å². The Hall–Kier alpha value is -2.02. The van der Waals surface area contributed by atoms with E-state index < -0.39 is 0 Å². The van der Waals surface area contributed by atoms with Gasteiger partial charge in [0.2, 0.25) is 5.13 Å². The highest BCUT2D eigenvalue weighted by Crippen LogP contribution is 2.24. The molecule has 98 valence electrons. The molecule has 1 amide bonds. The number of hydrogen-bond donors (Lipinski definition) is 1. The van der Waals surface area contributed by atoms with Gasteiger partial charge in [-0.25, -0.2) is 0 Å². The molecule has 0 bridgehead atoms. The second-order valence-corrected chi connectivity index (χ2v) is 5.58. The SMILES string of the molecule is Cc1nnc(N2CC(NC(=O)c3ccncc3)C2)s1. The van der Waals surface area contributed by atoms with Crippen molar-refractivity contribution in [3.8, 4) is 0 Å². The molecule has 1 N–H and O–H groups in total. The summed E-state index contributed by atoms with van der Waals surface area (Å²) in [7, 11) is 0. The van der Waals surface area contributed by atoms with Crippen LogP contribution in [0.4, 0.5) is 5.13 Å². The number of amides is 1. The third-order valence-electron chi connectivity index (χ3n) is 2.95. The molecule has 0 spiro atoms. The van der Waals surface area contributed by atoms with Gasteiger partial charge in [0.15, 0.2) is 0 Å². The molecule has 0 radical (unpaired) electrons. The molecule has 1 fully saturated rings. The Morgan fingerprint density at radius 3 is 2.74 bits per heavy atom. The van der Waals surface area contributed by atoms with Crippen molar-refractivity contribution in [3.63, 3.8) is 0 Å². The average Bonchev–Trinajstić information content (AvgIpc) is 2.80. The van der Waals surface area contributed by atoms with Crippen LogP contribution in [0, 0.1) is 6.92 Å². The number of carbonyl (C=O) groups is 1. The van der Waals surface area contributed by atoms with Crippen molar-refractivity contribution >= 4 is 22.4 Å². The number of carbonyl (C=O) groups excluding carboxylic acids is 1. The van der Waals surface area contributed by atoms with Crippen LogP contribution in [0.1, 0.15) is 15.4 Å². The summed E-state index contributed by atoms with van der Waals surface area (Å²) in [6.07, 6.45) is 3.23. The lowest BCUT2D eigenvalue weighted by Gasteiger charge is -2.39. The number of rotatable bonds is 3. The van der Waals surface area contributed by atoms with E-state index in [4.69, 9.17) is 0 Å². The van der Waals surface area contributed by atoms with Crippen molar-refractivity contribution in [2.24, 2.45) is 0 Å². The molecule has 0 aliphatic carbocycles. The van der Waals surface area contributed by atoms with Crippen molar-refractivity contribution in [1.82, 2.24) is 20.5 Å². The first-order chi connectivity index (χ1) is 9.22. The number of hydrogen-bond acceptors (Lipinski definition) is 6. The summed E-state index contributed by atoms with van der Waals surface area (Å²) >= 11 is 1.57. The second kappa shape index (κ2) is 4.93. The smallest absolute Gasteiger partial charge is 0.251 e. The lowest BCUT2D eigenvalue weighted by Crippen LogP contribution is -2.59. The number of nitrogens with one attached hydrogen (secondary N) is 1. The maximum atomic E-state index is 11.9. The van der Waals surface area contributed by atoms with Crippen molar-refractivity contribution in [2.75, 3.05) is 18.0 Å². The molecule has 0 aromatic carbocycles. The van der Waals surface area contributed by atoms with E-state index in [1.54, 1.807) is 35.9 Å². The zero-order chi connectivity index (χ0) is 13.2. The summed E-state index contributed by atoms with van der Waals surface area (Å²) in [5, 5.41) is 12.9. The van der Waals surface area contributed by atoms with Crippen LogP contribution in [0.25, 0.3) is 0 Å². The maximum Gasteiger partial charge on any atom is 0.251 e. The second-order valence-electron chi connectivity index (χ2n) is 4.41. The maximum absolute atomic E-state index is 11.9. The third-order valence-corrected chi connectivity index (χ3v) is 3.84. The Morgan fingerprint density at radius 1 is 1.37 bits per heavy atom. The predicted octanol–water partition coefficient (Wildman–Crippen LogP) is 0.860. The fourth-order valence-corrected chi connectivity index (χ4v) is 2.62. The molecule has 1 saturated heterocycles. The van der Waals surface area contributed by atoms with E-state index >= 15 is 0 Å². The highest BCUT2D eigenvalue weighted by Gasteiger charge is 2.30. The van der Waals surface area contributed by atoms with Crippen molar-refractivity contribution in [2.45, 2.75) is 13.0 Å². The molecule has 0 unspecified atom stereocenters. The number of anilines is 1. The summed E-state index contributed by atoms with van der Waals surface area (Å²) in [6.45, 7) is 3.50. The van der Waals surface area contributed by atoms with Crippen LogP contribution in [-0.4, -0.2) is 40.2 Å². The lowest BCUT2D eigenvalue weighted by atomic mass is 10.1. The molecule has 1 aliphatic rings. The van der Waals surface area contributed by atoms with E-state index in [2.05, 4.69) is 25.4 Å². The minimum atomic E-state index is -0.0551. The minimum Gasteiger partial charge on any atom is -0.346 e. The topological polar surface area (TPSA) is 71.0 Å². The Balaban J connectivity index is 1.53. The molecule has 6 nitrogen and oxygen atoms in total. The van der Waals surface area contributed by atoms with E-state index in [1.807, 2.05) is 6.92 Å². The molecule has 7 heteroatoms. The zero-order valence-electron chi connectivity index (χ0n) is 10.4. The molecule has 0 atom stereocenters. The van der Waals surface area contributed by atoms with Gasteiger partial charge in [-0.15, -0.1) is 10.2 Å². The summed E-state index contributed by atoms with van der Waals surface area (Å²) < 4.78 is 0. The molecule has 3 rings (SSSR count). The van der Waals surface area contributed by atoms with Crippen LogP contribution in [0.2, 0.25) is 0 Å². The normalized spacial score (nSPS) is 15.1. The molecule has 19 heavy (non-hydrogen) atoms. The van der Waals surface area contributed by atoms with Gasteiger partial charge in [-0.2, -0.15) is 0 Å². The van der Waals surface area contributed by atoms with Crippen LogP contribution in [0.5, 0.6) is 0 Å². The highest BCUT2D eigenvalue weighted by molar-refractivity contribution is 7.15. The minimum absolute atomic E-state index is 0.0551. The van der Waals surface area contributed by atoms with Crippen LogP contribution in [0.3, 0.4) is 0 Å². The fourth-order valence-electron chi connectivity index (χ4n) is 1.91. The van der Waals surface area contributed by atoms with Gasteiger partial charge < -0.3 is 10.2 Å². The first kappa shape index (κ1) is 12.0. The number of aryl methyl sites for hydroxylation is 1. The molecule has 2 aromatic rings. The standard InChI is InChI=1S/C12H13N5OS/c1-8-15-16-12(19-8)17-6-10(7-17)14-11(18)9-2-4-13-5-3-9/h2-5,10H,6-7H2,1H3,(H,14,18). The van der Waals surface area contributed by atoms with Crippen molar-refractivity contribution in [3.05, 3.63) is 35.1 Å². The molecule has 3 heterocycles. The number of nitrogens with zero attached hydrogens (tertiary/aromatic N) is 4. The van der Waals surface area contributed by atoms with Gasteiger partial charge in [-0.1, -0.05) is 11.3 Å². The van der Waals surface area contributed by atoms with Crippen LogP contribution in [0.15, 0.2) is 24.5 Å². The van der Waals surface area contributed by atoms with Crippen LogP contribution in [-0.2, 0) is 0 Å². The third kappa shape index (κ3) is 2.55. The average molecular weight is 275 g/mol. The van der Waals surface area contributed by atoms with Gasteiger partial charge in [-0.05, 0) is 19.1 Å². The predicted molar refractivity (Wildman–Crippen MR) is 72.4 cm³/mol. The summed E-state index contributed by atoms with van der Waals surface area (Å²) in [5.41, 5.74) is 0.639. The molecule has 2 aromatic heterocycles. The van der Waals surface area contributed by atoms with Crippen molar-refractivity contribution < 1.29 is 4.79 Å².